The summed E-state index contributed by atoms with van der Waals surface area (Å²) in [5.74, 6) is -0.480. The number of hydrogen-bond acceptors (Lipinski definition) is 5. The molecule has 1 aromatic carbocycles. The van der Waals surface area contributed by atoms with Crippen LogP contribution in [0.25, 0.3) is 0 Å². The number of carbonyl (C=O) groups excluding carboxylic acids is 2. The van der Waals surface area contributed by atoms with Gasteiger partial charge in [-0.25, -0.2) is 0 Å². The normalized spacial score (nSPS) is 11.0. The highest BCUT2D eigenvalue weighted by Crippen LogP contribution is 2.24. The van der Waals surface area contributed by atoms with Gasteiger partial charge in [-0.2, -0.15) is 0 Å². The summed E-state index contributed by atoms with van der Waals surface area (Å²) in [5, 5.41) is 9.85. The Balaban J connectivity index is 3.17. The third-order valence-electron chi connectivity index (χ3n) is 2.85. The van der Waals surface area contributed by atoms with Crippen molar-refractivity contribution < 1.29 is 19.4 Å². The highest BCUT2D eigenvalue weighted by molar-refractivity contribution is 6.10. The van der Waals surface area contributed by atoms with Gasteiger partial charge in [-0.1, -0.05) is 0 Å². The number of methoxy groups -OCH3 is 1. The van der Waals surface area contributed by atoms with Gasteiger partial charge in [0, 0.05) is 40.3 Å². The van der Waals surface area contributed by atoms with Gasteiger partial charge in [0.25, 0.3) is 5.91 Å². The van der Waals surface area contributed by atoms with Gasteiger partial charge < -0.3 is 19.6 Å². The van der Waals surface area contributed by atoms with Crippen LogP contribution < -0.4 is 4.74 Å². The molecule has 21 heavy (non-hydrogen) atoms. The number of allylic oxidation sites excluding steroid dienone is 1. The van der Waals surface area contributed by atoms with E-state index in [4.69, 9.17) is 4.74 Å². The van der Waals surface area contributed by atoms with Gasteiger partial charge in [0.05, 0.1) is 12.7 Å². The van der Waals surface area contributed by atoms with Crippen molar-refractivity contribution in [2.45, 2.75) is 0 Å². The van der Waals surface area contributed by atoms with E-state index in [2.05, 4.69) is 0 Å². The highest BCUT2D eigenvalue weighted by atomic mass is 16.5. The van der Waals surface area contributed by atoms with Crippen molar-refractivity contribution in [3.8, 4) is 11.5 Å². The molecular formula is C15H20N2O4. The van der Waals surface area contributed by atoms with E-state index in [1.165, 1.54) is 30.2 Å². The number of likely N-dealkylation sites (N-methyl/N-ethyl adjacent to an activating group) is 2. The monoisotopic (exact) mass is 292 g/mol. The largest absolute Gasteiger partial charge is 0.507 e. The van der Waals surface area contributed by atoms with Gasteiger partial charge in [-0.3, -0.25) is 9.59 Å². The summed E-state index contributed by atoms with van der Waals surface area (Å²) < 4.78 is 4.96. The molecule has 0 saturated heterocycles. The van der Waals surface area contributed by atoms with Crippen LogP contribution in [0.5, 0.6) is 11.5 Å². The van der Waals surface area contributed by atoms with Gasteiger partial charge in [0.2, 0.25) is 0 Å². The van der Waals surface area contributed by atoms with Crippen molar-refractivity contribution in [1.29, 1.82) is 0 Å². The Morgan fingerprint density at radius 2 is 1.76 bits per heavy atom. The molecule has 0 atom stereocenters. The Hall–Kier alpha value is -2.50. The first kappa shape index (κ1) is 16.6. The first-order valence-electron chi connectivity index (χ1n) is 6.30. The Bertz CT molecular complexity index is 577. The van der Waals surface area contributed by atoms with Crippen LogP contribution in [0, 0.1) is 0 Å². The molecule has 0 unspecified atom stereocenters. The van der Waals surface area contributed by atoms with E-state index < -0.39 is 5.78 Å². The minimum Gasteiger partial charge on any atom is -0.507 e. The first-order valence-corrected chi connectivity index (χ1v) is 6.30. The number of ether oxygens (including phenoxy) is 1. The maximum absolute atomic E-state index is 12.2. The van der Waals surface area contributed by atoms with Crippen molar-refractivity contribution in [2.24, 2.45) is 0 Å². The standard InChI is InChI=1S/C15H20N2O4/c1-16(2)12(15(20)17(3)4)9-14(19)11-7-6-10(21-5)8-13(11)18/h6-9,18H,1-5H3/b12-9-. The zero-order chi connectivity index (χ0) is 16.2. The molecule has 6 nitrogen and oxygen atoms in total. The number of hydrogen-bond donors (Lipinski definition) is 1. The minimum absolute atomic E-state index is 0.113. The van der Waals surface area contributed by atoms with Crippen LogP contribution >= 0.6 is 0 Å². The quantitative estimate of drug-likeness (QED) is 0.650. The average molecular weight is 292 g/mol. The molecule has 114 valence electrons. The smallest absolute Gasteiger partial charge is 0.269 e. The maximum atomic E-state index is 12.2. The lowest BCUT2D eigenvalue weighted by molar-refractivity contribution is -0.126. The molecule has 0 heterocycles. The number of amides is 1. The molecule has 0 radical (unpaired) electrons. The number of aromatic hydroxyl groups is 1. The topological polar surface area (TPSA) is 70.1 Å². The van der Waals surface area contributed by atoms with E-state index in [1.807, 2.05) is 0 Å². The number of phenolic OH excluding ortho intramolecular Hbond substituents is 1. The van der Waals surface area contributed by atoms with Crippen LogP contribution in [-0.4, -0.2) is 61.9 Å². The lowest BCUT2D eigenvalue weighted by Gasteiger charge is -2.19. The summed E-state index contributed by atoms with van der Waals surface area (Å²) in [6, 6.07) is 4.38. The summed E-state index contributed by atoms with van der Waals surface area (Å²) in [7, 11) is 8.03. The molecule has 0 fully saturated rings. The molecule has 0 saturated carbocycles. The number of nitrogens with zero attached hydrogens (tertiary/aromatic N) is 2. The van der Waals surface area contributed by atoms with Crippen molar-refractivity contribution in [3.63, 3.8) is 0 Å². The van der Waals surface area contributed by atoms with Crippen LogP contribution in [0.2, 0.25) is 0 Å². The van der Waals surface area contributed by atoms with Gasteiger partial charge in [0.15, 0.2) is 5.78 Å². The third-order valence-corrected chi connectivity index (χ3v) is 2.85. The number of phenols is 1. The van der Waals surface area contributed by atoms with E-state index >= 15 is 0 Å². The average Bonchev–Trinajstić information content (AvgIpc) is 2.42. The summed E-state index contributed by atoms with van der Waals surface area (Å²) in [6.07, 6.45) is 1.21. The van der Waals surface area contributed by atoms with Crippen LogP contribution in [0.1, 0.15) is 10.4 Å². The van der Waals surface area contributed by atoms with Crippen molar-refractivity contribution in [1.82, 2.24) is 9.80 Å². The van der Waals surface area contributed by atoms with Crippen LogP contribution in [0.15, 0.2) is 30.0 Å². The van der Waals surface area contributed by atoms with E-state index in [1.54, 1.807) is 39.2 Å². The molecule has 0 bridgehead atoms. The second-order valence-corrected chi connectivity index (χ2v) is 4.87. The predicted octanol–water partition coefficient (Wildman–Crippen LogP) is 1.12. The van der Waals surface area contributed by atoms with E-state index in [9.17, 15) is 14.7 Å². The first-order chi connectivity index (χ1) is 9.77. The third kappa shape index (κ3) is 3.98. The highest BCUT2D eigenvalue weighted by Gasteiger charge is 2.18. The van der Waals surface area contributed by atoms with Gasteiger partial charge in [-0.15, -0.1) is 0 Å². The maximum Gasteiger partial charge on any atom is 0.269 e. The van der Waals surface area contributed by atoms with Gasteiger partial charge in [-0.05, 0) is 12.1 Å². The molecule has 0 aliphatic rings. The summed E-state index contributed by atoms with van der Waals surface area (Å²) in [5.41, 5.74) is 0.349. The number of carbonyl (C=O) groups is 2. The van der Waals surface area contributed by atoms with Crippen molar-refractivity contribution in [3.05, 3.63) is 35.5 Å². The van der Waals surface area contributed by atoms with E-state index in [-0.39, 0.29) is 22.9 Å². The second kappa shape index (κ2) is 6.78. The molecular weight excluding hydrogens is 272 g/mol. The molecule has 0 aliphatic carbocycles. The summed E-state index contributed by atoms with van der Waals surface area (Å²) in [6.45, 7) is 0. The van der Waals surface area contributed by atoms with Crippen molar-refractivity contribution in [2.75, 3.05) is 35.3 Å². The number of rotatable bonds is 5. The molecule has 6 heteroatoms. The van der Waals surface area contributed by atoms with Crippen LogP contribution in [0.4, 0.5) is 0 Å². The Labute approximate surface area is 124 Å². The zero-order valence-corrected chi connectivity index (χ0v) is 12.9. The van der Waals surface area contributed by atoms with E-state index in [0.29, 0.717) is 5.75 Å². The Kier molecular flexibility index (Phi) is 5.35. The fraction of sp³-hybridized carbons (Fsp3) is 0.333. The molecule has 1 amide bonds. The fourth-order valence-electron chi connectivity index (χ4n) is 1.66. The molecule has 1 N–H and O–H groups in total. The van der Waals surface area contributed by atoms with Crippen LogP contribution in [-0.2, 0) is 4.79 Å². The molecule has 1 rings (SSSR count). The lowest BCUT2D eigenvalue weighted by Crippen LogP contribution is -2.31. The molecule has 0 spiro atoms. The molecule has 0 aliphatic heterocycles. The van der Waals surface area contributed by atoms with Crippen LogP contribution in [0.3, 0.4) is 0 Å². The zero-order valence-electron chi connectivity index (χ0n) is 12.9. The SMILES string of the molecule is COc1ccc(C(=O)/C=C(/C(=O)N(C)C)N(C)C)c(O)c1. The summed E-state index contributed by atoms with van der Waals surface area (Å²) >= 11 is 0. The Morgan fingerprint density at radius 3 is 2.19 bits per heavy atom. The number of benzene rings is 1. The second-order valence-electron chi connectivity index (χ2n) is 4.87. The summed E-state index contributed by atoms with van der Waals surface area (Å²) in [4.78, 5) is 27.2. The molecule has 1 aromatic rings. The van der Waals surface area contributed by atoms with E-state index in [0.717, 1.165) is 0 Å². The minimum atomic E-state index is -0.450. The van der Waals surface area contributed by atoms with Gasteiger partial charge >= 0.3 is 0 Å². The molecule has 0 aromatic heterocycles. The predicted molar refractivity (Wildman–Crippen MR) is 79.5 cm³/mol. The fourth-order valence-corrected chi connectivity index (χ4v) is 1.66. The van der Waals surface area contributed by atoms with Gasteiger partial charge in [0.1, 0.15) is 17.2 Å². The lowest BCUT2D eigenvalue weighted by atomic mass is 10.1. The van der Waals surface area contributed by atoms with Crippen molar-refractivity contribution >= 4 is 11.7 Å². The number of ketones is 1. The Morgan fingerprint density at radius 1 is 1.14 bits per heavy atom.